The summed E-state index contributed by atoms with van der Waals surface area (Å²) in [5.41, 5.74) is 19.8. The first-order valence-electron chi connectivity index (χ1n) is 44.6. The molecule has 4 aliphatic heterocycles. The number of amides is 2. The van der Waals surface area contributed by atoms with Gasteiger partial charge >= 0.3 is 11.9 Å². The number of rotatable bonds is 37. The van der Waals surface area contributed by atoms with Gasteiger partial charge in [-0.25, -0.2) is 19.4 Å². The number of carbonyl (C=O) groups is 7. The lowest BCUT2D eigenvalue weighted by molar-refractivity contribution is -0.265. The molecule has 3 aromatic heterocycles. The molecule has 33 nitrogen and oxygen atoms in total. The van der Waals surface area contributed by atoms with Crippen LogP contribution in [0.15, 0.2) is 94.7 Å². The predicted molar refractivity (Wildman–Crippen MR) is 467 cm³/mol. The second-order valence-electron chi connectivity index (χ2n) is 33.9. The Morgan fingerprint density at radius 1 is 0.706 bits per heavy atom. The molecule has 10 rings (SSSR count). The Morgan fingerprint density at radius 2 is 1.39 bits per heavy atom. The zero-order valence-electron chi connectivity index (χ0n) is 75.0. The number of nitrogen functional groups attached to an aromatic ring is 2. The number of cyclic esters (lactones) is 1. The minimum atomic E-state index is -2.48. The summed E-state index contributed by atoms with van der Waals surface area (Å²) in [5, 5.41) is 29.4. The predicted octanol–water partition coefficient (Wildman–Crippen LogP) is 9.39. The van der Waals surface area contributed by atoms with Gasteiger partial charge in [0.25, 0.3) is 17.7 Å². The SMILES string of the molecule is CO[C@H]1C[C@@H]2CC[C@@H](C)[C@@](O)(O2)C(=O)C(=O)N2CCCC[C@H]2C(=O)O[C@H]([C@H](C)C[C@@H]2CC[C@@H](OC(=O)CCCOCCOCCOCCOCCOCCOCCOCCOCC(=O)N3CCc4cc(Cn5nc(-c6ccc7oc(N)nc7c6)c6c(N)ncnc65)ccc4C3)[C@H](OC)C2)CC(=O)[C@H](C)/C=C(\C)[C@@H](O)[C@@H](OC)C(=O)[C@H](C)C[C@H](C)/C=C/C=C/C=C/1C. The van der Waals surface area contributed by atoms with E-state index in [9.17, 15) is 43.8 Å². The molecule has 694 valence electrons. The fraction of sp³-hybridized carbons (Fsp3) is 0.645. The molecule has 3 fully saturated rings. The molecular formula is C93H133N9O24. The lowest BCUT2D eigenvalue weighted by Gasteiger charge is -2.42. The molecule has 2 bridgehead atoms. The van der Waals surface area contributed by atoms with Crippen molar-refractivity contribution in [3.63, 3.8) is 0 Å². The highest BCUT2D eigenvalue weighted by molar-refractivity contribution is 6.39. The van der Waals surface area contributed by atoms with E-state index >= 15 is 0 Å². The Labute approximate surface area is 738 Å². The first-order valence-corrected chi connectivity index (χ1v) is 44.6. The smallest absolute Gasteiger partial charge is 0.329 e. The molecule has 0 radical (unpaired) electrons. The quantitative estimate of drug-likeness (QED) is 0.0124. The second kappa shape index (κ2) is 50.3. The zero-order chi connectivity index (χ0) is 90.2. The maximum absolute atomic E-state index is 14.8. The van der Waals surface area contributed by atoms with E-state index in [2.05, 4.69) is 27.1 Å². The van der Waals surface area contributed by atoms with Gasteiger partial charge in [0.15, 0.2) is 17.0 Å². The van der Waals surface area contributed by atoms with Gasteiger partial charge in [0.2, 0.25) is 11.7 Å². The molecule has 0 unspecified atom stereocenters. The summed E-state index contributed by atoms with van der Waals surface area (Å²) >= 11 is 0. The Bertz CT molecular complexity index is 4490. The highest BCUT2D eigenvalue weighted by atomic mass is 16.6. The first kappa shape index (κ1) is 99.5. The summed E-state index contributed by atoms with van der Waals surface area (Å²) in [4.78, 5) is 115. The minimum absolute atomic E-state index is 0.00527. The van der Waals surface area contributed by atoms with Gasteiger partial charge in [-0.3, -0.25) is 28.8 Å². The molecule has 6 N–H and O–H groups in total. The lowest BCUT2D eigenvalue weighted by atomic mass is 9.78. The molecule has 126 heavy (non-hydrogen) atoms. The summed E-state index contributed by atoms with van der Waals surface area (Å²) in [5.74, 6) is -8.74. The normalized spacial score (nSPS) is 27.1. The Balaban J connectivity index is 0.558. The molecule has 2 saturated heterocycles. The summed E-state index contributed by atoms with van der Waals surface area (Å²) < 4.78 is 88.5. The van der Waals surface area contributed by atoms with Crippen LogP contribution in [-0.4, -0.2) is 281 Å². The van der Waals surface area contributed by atoms with E-state index in [4.69, 9.17) is 87.3 Å². The van der Waals surface area contributed by atoms with E-state index < -0.39 is 95.9 Å². The number of fused-ring (bicyclic) bond motifs is 6. The fourth-order valence-electron chi connectivity index (χ4n) is 17.1. The van der Waals surface area contributed by atoms with E-state index in [0.717, 1.165) is 22.3 Å². The molecule has 5 aromatic rings. The molecule has 0 spiro atoms. The number of hydrogen-bond acceptors (Lipinski definition) is 30. The van der Waals surface area contributed by atoms with E-state index in [1.807, 2.05) is 78.9 Å². The molecule has 15 atom stereocenters. The summed E-state index contributed by atoms with van der Waals surface area (Å²) in [6, 6.07) is 10.7. The van der Waals surface area contributed by atoms with Crippen molar-refractivity contribution in [2.75, 3.05) is 152 Å². The number of ether oxygens (including phenoxy) is 14. The number of aromatic nitrogens is 5. The van der Waals surface area contributed by atoms with E-state index in [-0.39, 0.29) is 86.7 Å². The third-order valence-corrected chi connectivity index (χ3v) is 24.4. The van der Waals surface area contributed by atoms with Gasteiger partial charge in [-0.05, 0) is 155 Å². The number of piperidine rings is 1. The second-order valence-corrected chi connectivity index (χ2v) is 33.9. The number of Topliss-reactive ketones (excluding diaryl/α,β-unsaturated/α-hetero) is 3. The molecule has 2 amide bonds. The number of benzene rings is 2. The van der Waals surface area contributed by atoms with Crippen molar-refractivity contribution in [1.29, 1.82) is 0 Å². The number of hydrogen-bond donors (Lipinski definition) is 4. The molecule has 1 saturated carbocycles. The van der Waals surface area contributed by atoms with Crippen molar-refractivity contribution >= 4 is 75.1 Å². The zero-order valence-corrected chi connectivity index (χ0v) is 75.0. The number of nitrogens with two attached hydrogens (primary N) is 2. The lowest BCUT2D eigenvalue weighted by Crippen LogP contribution is -2.61. The molecule has 1 aliphatic carbocycles. The minimum Gasteiger partial charge on any atom is -0.460 e. The summed E-state index contributed by atoms with van der Waals surface area (Å²) in [6.45, 7) is 19.6. The molecular weight excluding hydrogens is 1630 g/mol. The van der Waals surface area contributed by atoms with Gasteiger partial charge in [-0.2, -0.15) is 10.1 Å². The fourth-order valence-corrected chi connectivity index (χ4v) is 17.1. The van der Waals surface area contributed by atoms with Crippen molar-refractivity contribution in [2.24, 2.45) is 35.5 Å². The van der Waals surface area contributed by atoms with Crippen LogP contribution in [0, 0.1) is 35.5 Å². The average molecular weight is 1760 g/mol. The number of aliphatic hydroxyl groups is 2. The number of methoxy groups -OCH3 is 3. The van der Waals surface area contributed by atoms with E-state index in [1.54, 1.807) is 54.1 Å². The van der Waals surface area contributed by atoms with Crippen LogP contribution in [0.2, 0.25) is 0 Å². The number of oxazole rings is 1. The third-order valence-electron chi connectivity index (χ3n) is 24.4. The van der Waals surface area contributed by atoms with Crippen molar-refractivity contribution in [3.05, 3.63) is 107 Å². The summed E-state index contributed by atoms with van der Waals surface area (Å²) in [7, 11) is 4.51. The Kier molecular flexibility index (Phi) is 39.8. The van der Waals surface area contributed by atoms with Crippen LogP contribution in [0.4, 0.5) is 11.8 Å². The largest absolute Gasteiger partial charge is 0.460 e. The highest BCUT2D eigenvalue weighted by Crippen LogP contribution is 2.40. The number of esters is 2. The van der Waals surface area contributed by atoms with Crippen LogP contribution in [0.3, 0.4) is 0 Å². The first-order chi connectivity index (χ1) is 60.8. The van der Waals surface area contributed by atoms with Crippen LogP contribution >= 0.6 is 0 Å². The van der Waals surface area contributed by atoms with Crippen molar-refractivity contribution in [3.8, 4) is 11.3 Å². The standard InChI is InChI=1S/C93H133N9O24/c1-59-17-12-11-13-18-60(2)77(112-8)53-71-26-21-65(7)93(111,126-71)87(108)90(109)101-30-15-14-19-73(101)91(110)124-78(54-74(103)61(3)48-64(6)85(107)86(114-10)84(106)63(5)47-59)62(4)49-66-23-27-76(79(51-66)113-9)123-81(105)20-16-32-115-33-34-116-35-36-117-37-38-118-39-40-119-41-42-120-43-44-121-45-46-122-57-80(104)100-31-29-68-50-67(22-24-70(68)56-100)55-102-89-82(88(94)96-58-97-89)83(99-102)69-25-28-75-72(52-69)98-92(95)125-75/h11-13,17-18,22,24-25,28,48,50,52,58-59,61-63,65-66,71,73,76-79,85-86,107,111H,14-16,19-21,23,26-27,29-47,49,51,53-57H2,1-10H3,(H2,95,98)(H2,94,96,97)/b13-11+,17-12+,60-18+,64-48+/t59-,61-,62-,63-,65-,66+,71+,73+,76-,77+,78+,79-,85-,86+,93-/m1/s1. The Hall–Kier alpha value is -8.65. The van der Waals surface area contributed by atoms with E-state index in [1.165, 1.54) is 23.9 Å². The highest BCUT2D eigenvalue weighted by Gasteiger charge is 2.53. The van der Waals surface area contributed by atoms with Gasteiger partial charge in [0.1, 0.15) is 66.2 Å². The number of anilines is 2. The van der Waals surface area contributed by atoms with Gasteiger partial charge in [-0.15, -0.1) is 0 Å². The van der Waals surface area contributed by atoms with Crippen LogP contribution in [0.25, 0.3) is 33.4 Å². The molecule has 33 heteroatoms. The maximum atomic E-state index is 14.8. The van der Waals surface area contributed by atoms with Gasteiger partial charge in [-0.1, -0.05) is 89.3 Å². The monoisotopic (exact) mass is 1760 g/mol. The number of allylic oxidation sites excluding steroid dienone is 6. The van der Waals surface area contributed by atoms with E-state index in [0.29, 0.717) is 222 Å². The number of aliphatic hydroxyl groups excluding tert-OH is 1. The van der Waals surface area contributed by atoms with Gasteiger partial charge in [0, 0.05) is 90.2 Å². The number of nitrogens with zero attached hydrogens (tertiary/aromatic N) is 7. The topological polar surface area (TPSA) is 417 Å². The Morgan fingerprint density at radius 3 is 2.06 bits per heavy atom. The van der Waals surface area contributed by atoms with Crippen LogP contribution < -0.4 is 11.5 Å². The molecule has 7 heterocycles. The summed E-state index contributed by atoms with van der Waals surface area (Å²) in [6.07, 6.45) is 12.9. The van der Waals surface area contributed by atoms with Gasteiger partial charge in [0.05, 0.1) is 123 Å². The maximum Gasteiger partial charge on any atom is 0.329 e. The third kappa shape index (κ3) is 28.7. The molecule has 5 aliphatic rings. The average Bonchev–Trinajstić information content (AvgIpc) is 1.59. The number of carbonyl (C=O) groups excluding carboxylic acids is 7. The van der Waals surface area contributed by atoms with Crippen molar-refractivity contribution < 1.29 is 115 Å². The van der Waals surface area contributed by atoms with Crippen LogP contribution in [0.1, 0.15) is 155 Å². The van der Waals surface area contributed by atoms with Crippen LogP contribution in [0.5, 0.6) is 0 Å². The van der Waals surface area contributed by atoms with Crippen molar-refractivity contribution in [1.82, 2.24) is 34.5 Å². The van der Waals surface area contributed by atoms with Gasteiger partial charge < -0.3 is 102 Å². The number of ketones is 3. The van der Waals surface area contributed by atoms with Crippen LogP contribution in [-0.2, 0) is 119 Å². The van der Waals surface area contributed by atoms with Crippen molar-refractivity contribution in [2.45, 2.75) is 212 Å². The molecule has 2 aromatic carbocycles.